The van der Waals surface area contributed by atoms with Crippen LogP contribution in [-0.2, 0) is 4.79 Å². The zero-order valence-electron chi connectivity index (χ0n) is 11.4. The van der Waals surface area contributed by atoms with Crippen LogP contribution in [0.5, 0.6) is 5.75 Å². The first-order chi connectivity index (χ1) is 9.19. The van der Waals surface area contributed by atoms with E-state index in [0.29, 0.717) is 11.3 Å². The van der Waals surface area contributed by atoms with Gasteiger partial charge in [-0.2, -0.15) is 0 Å². The van der Waals surface area contributed by atoms with Gasteiger partial charge in [-0.15, -0.1) is 13.2 Å². The number of benzene rings is 1. The molecule has 0 bridgehead atoms. The molecule has 0 fully saturated rings. The number of hydrogen-bond acceptors (Lipinski definition) is 2. The van der Waals surface area contributed by atoms with Crippen LogP contribution in [0.15, 0.2) is 18.2 Å². The van der Waals surface area contributed by atoms with Crippen LogP contribution in [0.25, 0.3) is 0 Å². The average molecular weight is 287 g/mol. The van der Waals surface area contributed by atoms with E-state index in [9.17, 15) is 18.0 Å². The van der Waals surface area contributed by atoms with Crippen molar-refractivity contribution >= 4 is 11.6 Å². The van der Waals surface area contributed by atoms with Crippen molar-refractivity contribution in [2.45, 2.75) is 33.1 Å². The smallest absolute Gasteiger partial charge is 0.406 e. The molecule has 0 aliphatic carbocycles. The fourth-order valence-electron chi connectivity index (χ4n) is 2.37. The van der Waals surface area contributed by atoms with Crippen molar-refractivity contribution in [1.82, 2.24) is 0 Å². The van der Waals surface area contributed by atoms with Crippen LogP contribution in [0.3, 0.4) is 0 Å². The first-order valence-corrected chi connectivity index (χ1v) is 6.39. The summed E-state index contributed by atoms with van der Waals surface area (Å²) in [6.07, 6.45) is -4.73. The zero-order valence-corrected chi connectivity index (χ0v) is 11.4. The van der Waals surface area contributed by atoms with E-state index in [1.54, 1.807) is 0 Å². The lowest BCUT2D eigenvalue weighted by Crippen LogP contribution is -2.22. The Labute approximate surface area is 115 Å². The minimum absolute atomic E-state index is 0.0254. The molecule has 1 aliphatic rings. The van der Waals surface area contributed by atoms with Gasteiger partial charge in [0.15, 0.2) is 0 Å². The molecule has 1 amide bonds. The maximum Gasteiger partial charge on any atom is 0.573 e. The van der Waals surface area contributed by atoms with Gasteiger partial charge in [0.25, 0.3) is 0 Å². The summed E-state index contributed by atoms with van der Waals surface area (Å²) in [6, 6.07) is 3.95. The second-order valence-electron chi connectivity index (χ2n) is 5.37. The highest BCUT2D eigenvalue weighted by Crippen LogP contribution is 2.42. The van der Waals surface area contributed by atoms with E-state index in [0.717, 1.165) is 0 Å². The van der Waals surface area contributed by atoms with Gasteiger partial charge in [0.1, 0.15) is 5.75 Å². The number of anilines is 1. The van der Waals surface area contributed by atoms with Gasteiger partial charge < -0.3 is 10.1 Å². The SMILES string of the molecule is CC(C)C(C)C1C(=O)Nc2ccc(OC(F)(F)F)cc21. The summed E-state index contributed by atoms with van der Waals surface area (Å²) in [5, 5.41) is 2.70. The summed E-state index contributed by atoms with van der Waals surface area (Å²) in [4.78, 5) is 12.0. The Bertz CT molecular complexity index is 526. The van der Waals surface area contributed by atoms with Crippen molar-refractivity contribution in [3.8, 4) is 5.75 Å². The molecule has 2 unspecified atom stereocenters. The highest BCUT2D eigenvalue weighted by Gasteiger charge is 2.37. The summed E-state index contributed by atoms with van der Waals surface area (Å²) in [5.74, 6) is -0.651. The molecular formula is C14H16F3NO2. The fraction of sp³-hybridized carbons (Fsp3) is 0.500. The summed E-state index contributed by atoms with van der Waals surface area (Å²) in [7, 11) is 0. The number of ether oxygens (including phenoxy) is 1. The molecule has 0 saturated carbocycles. The largest absolute Gasteiger partial charge is 0.573 e. The highest BCUT2D eigenvalue weighted by atomic mass is 19.4. The van der Waals surface area contributed by atoms with Crippen LogP contribution in [0.1, 0.15) is 32.3 Å². The standard InChI is InChI=1S/C14H16F3NO2/c1-7(2)8(3)12-10-6-9(20-14(15,16)17)4-5-11(10)18-13(12)19/h4-8,12H,1-3H3,(H,18,19). The van der Waals surface area contributed by atoms with Gasteiger partial charge in [0, 0.05) is 5.69 Å². The van der Waals surface area contributed by atoms with Crippen LogP contribution in [0, 0.1) is 11.8 Å². The molecule has 6 heteroatoms. The van der Waals surface area contributed by atoms with Crippen LogP contribution >= 0.6 is 0 Å². The van der Waals surface area contributed by atoms with Gasteiger partial charge in [-0.3, -0.25) is 4.79 Å². The second kappa shape index (κ2) is 5.00. The third-order valence-corrected chi connectivity index (χ3v) is 3.71. The number of halogens is 3. The average Bonchev–Trinajstić information content (AvgIpc) is 2.61. The van der Waals surface area contributed by atoms with E-state index in [2.05, 4.69) is 10.1 Å². The Morgan fingerprint density at radius 3 is 2.45 bits per heavy atom. The van der Waals surface area contributed by atoms with Crippen molar-refractivity contribution in [1.29, 1.82) is 0 Å². The normalized spacial score (nSPS) is 19.8. The highest BCUT2D eigenvalue weighted by molar-refractivity contribution is 6.03. The Balaban J connectivity index is 2.35. The number of amides is 1. The van der Waals surface area contributed by atoms with Crippen molar-refractivity contribution in [2.75, 3.05) is 5.32 Å². The van der Waals surface area contributed by atoms with Crippen molar-refractivity contribution in [3.05, 3.63) is 23.8 Å². The summed E-state index contributed by atoms with van der Waals surface area (Å²) in [6.45, 7) is 5.87. The quantitative estimate of drug-likeness (QED) is 0.915. The van der Waals surface area contributed by atoms with Gasteiger partial charge in [-0.25, -0.2) is 0 Å². The van der Waals surface area contributed by atoms with Crippen LogP contribution < -0.4 is 10.1 Å². The lowest BCUT2D eigenvalue weighted by Gasteiger charge is -2.21. The van der Waals surface area contributed by atoms with Crippen molar-refractivity contribution in [2.24, 2.45) is 11.8 Å². The summed E-state index contributed by atoms with van der Waals surface area (Å²) < 4.78 is 40.7. The summed E-state index contributed by atoms with van der Waals surface area (Å²) in [5.41, 5.74) is 1.12. The molecule has 1 aromatic carbocycles. The topological polar surface area (TPSA) is 38.3 Å². The minimum atomic E-state index is -4.73. The number of alkyl halides is 3. The van der Waals surface area contributed by atoms with E-state index >= 15 is 0 Å². The van der Waals surface area contributed by atoms with Crippen LogP contribution in [0.4, 0.5) is 18.9 Å². The molecule has 20 heavy (non-hydrogen) atoms. The zero-order chi connectivity index (χ0) is 15.1. The third kappa shape index (κ3) is 2.89. The number of carbonyl (C=O) groups is 1. The monoisotopic (exact) mass is 287 g/mol. The molecule has 1 aliphatic heterocycles. The Hall–Kier alpha value is -1.72. The molecular weight excluding hydrogens is 271 g/mol. The molecule has 2 rings (SSSR count). The predicted molar refractivity (Wildman–Crippen MR) is 68.5 cm³/mol. The maximum absolute atomic E-state index is 12.2. The van der Waals surface area contributed by atoms with Gasteiger partial charge in [-0.1, -0.05) is 20.8 Å². The molecule has 110 valence electrons. The Morgan fingerprint density at radius 1 is 1.25 bits per heavy atom. The first kappa shape index (κ1) is 14.7. The molecule has 0 aromatic heterocycles. The lowest BCUT2D eigenvalue weighted by atomic mass is 9.81. The molecule has 1 heterocycles. The number of hydrogen-bond donors (Lipinski definition) is 1. The number of rotatable bonds is 3. The van der Waals surface area contributed by atoms with E-state index in [4.69, 9.17) is 0 Å². The van der Waals surface area contributed by atoms with Crippen molar-refractivity contribution in [3.63, 3.8) is 0 Å². The molecule has 0 spiro atoms. The predicted octanol–water partition coefficient (Wildman–Crippen LogP) is 3.91. The number of fused-ring (bicyclic) bond motifs is 1. The Morgan fingerprint density at radius 2 is 1.90 bits per heavy atom. The van der Waals surface area contributed by atoms with Gasteiger partial charge >= 0.3 is 6.36 Å². The van der Waals surface area contributed by atoms with Crippen LogP contribution in [-0.4, -0.2) is 12.3 Å². The molecule has 0 saturated heterocycles. The summed E-state index contributed by atoms with van der Waals surface area (Å²) >= 11 is 0. The molecule has 2 atom stereocenters. The fourth-order valence-corrected chi connectivity index (χ4v) is 2.37. The molecule has 0 radical (unpaired) electrons. The molecule has 3 nitrogen and oxygen atoms in total. The molecule has 1 aromatic rings. The van der Waals surface area contributed by atoms with E-state index < -0.39 is 12.3 Å². The lowest BCUT2D eigenvalue weighted by molar-refractivity contribution is -0.274. The number of carbonyl (C=O) groups excluding carboxylic acids is 1. The third-order valence-electron chi connectivity index (χ3n) is 3.71. The van der Waals surface area contributed by atoms with E-state index in [-0.39, 0.29) is 23.5 Å². The van der Waals surface area contributed by atoms with Gasteiger partial charge in [0.2, 0.25) is 5.91 Å². The van der Waals surface area contributed by atoms with Gasteiger partial charge in [-0.05, 0) is 35.6 Å². The second-order valence-corrected chi connectivity index (χ2v) is 5.37. The first-order valence-electron chi connectivity index (χ1n) is 6.39. The Kier molecular flexibility index (Phi) is 3.67. The van der Waals surface area contributed by atoms with Crippen LogP contribution in [0.2, 0.25) is 0 Å². The van der Waals surface area contributed by atoms with E-state index in [1.165, 1.54) is 18.2 Å². The van der Waals surface area contributed by atoms with Crippen molar-refractivity contribution < 1.29 is 22.7 Å². The number of nitrogens with one attached hydrogen (secondary N) is 1. The maximum atomic E-state index is 12.2. The van der Waals surface area contributed by atoms with Gasteiger partial charge in [0.05, 0.1) is 5.92 Å². The molecule has 1 N–H and O–H groups in total. The van der Waals surface area contributed by atoms with E-state index in [1.807, 2.05) is 20.8 Å². The minimum Gasteiger partial charge on any atom is -0.406 e.